The molecule has 2 N–H and O–H groups in total. The standard InChI is InChI=1S/C24H26N6O2/c1-28(2)15-23(31)30-9-7-29(8-10-30)19-12-18-11-16(3-5-20(18)26-14-19)17-4-6-22-21(13-17)27-24(25)32-22/h3-6,11-14H,7-10,15H2,1-2H3,(H2,25,27). The number of fused-ring (bicyclic) bond motifs is 2. The van der Waals surface area contributed by atoms with Crippen molar-refractivity contribution in [3.8, 4) is 11.1 Å². The van der Waals surface area contributed by atoms with Gasteiger partial charge in [-0.2, -0.15) is 4.98 Å². The van der Waals surface area contributed by atoms with Crippen LogP contribution in [0.1, 0.15) is 0 Å². The van der Waals surface area contributed by atoms with Crippen molar-refractivity contribution in [3.05, 3.63) is 48.7 Å². The first-order valence-corrected chi connectivity index (χ1v) is 10.7. The van der Waals surface area contributed by atoms with E-state index in [1.54, 1.807) is 0 Å². The van der Waals surface area contributed by atoms with Gasteiger partial charge in [0.05, 0.1) is 23.9 Å². The van der Waals surface area contributed by atoms with Crippen molar-refractivity contribution in [1.82, 2.24) is 19.8 Å². The molecular weight excluding hydrogens is 404 g/mol. The summed E-state index contributed by atoms with van der Waals surface area (Å²) in [6.45, 7) is 3.51. The number of likely N-dealkylation sites (N-methyl/N-ethyl adjacent to an activating group) is 1. The quantitative estimate of drug-likeness (QED) is 0.532. The third-order valence-electron chi connectivity index (χ3n) is 5.85. The average Bonchev–Trinajstić information content (AvgIpc) is 3.17. The predicted octanol–water partition coefficient (Wildman–Crippen LogP) is 2.84. The van der Waals surface area contributed by atoms with Crippen molar-refractivity contribution in [2.24, 2.45) is 0 Å². The number of oxazole rings is 1. The van der Waals surface area contributed by atoms with Crippen LogP contribution < -0.4 is 10.6 Å². The van der Waals surface area contributed by atoms with Gasteiger partial charge in [-0.3, -0.25) is 9.78 Å². The first-order valence-electron chi connectivity index (χ1n) is 10.7. The lowest BCUT2D eigenvalue weighted by Crippen LogP contribution is -2.50. The Labute approximate surface area is 186 Å². The Morgan fingerprint density at radius 3 is 2.56 bits per heavy atom. The summed E-state index contributed by atoms with van der Waals surface area (Å²) in [5.74, 6) is 0.182. The van der Waals surface area contributed by atoms with E-state index in [2.05, 4.69) is 33.1 Å². The number of hydrogen-bond acceptors (Lipinski definition) is 7. The number of nitrogen functional groups attached to an aromatic ring is 1. The van der Waals surface area contributed by atoms with Crippen molar-refractivity contribution in [2.45, 2.75) is 0 Å². The Balaban J connectivity index is 1.37. The van der Waals surface area contributed by atoms with Gasteiger partial charge in [-0.15, -0.1) is 0 Å². The zero-order valence-electron chi connectivity index (χ0n) is 18.3. The first-order chi connectivity index (χ1) is 15.5. The van der Waals surface area contributed by atoms with Crippen molar-refractivity contribution in [2.75, 3.05) is 57.5 Å². The molecule has 1 saturated heterocycles. The van der Waals surface area contributed by atoms with E-state index in [9.17, 15) is 4.79 Å². The van der Waals surface area contributed by atoms with Crippen LogP contribution in [0.15, 0.2) is 53.1 Å². The molecule has 4 aromatic rings. The molecule has 32 heavy (non-hydrogen) atoms. The van der Waals surface area contributed by atoms with Crippen molar-refractivity contribution in [1.29, 1.82) is 0 Å². The van der Waals surface area contributed by atoms with E-state index >= 15 is 0 Å². The van der Waals surface area contributed by atoms with E-state index in [0.29, 0.717) is 12.1 Å². The third kappa shape index (κ3) is 3.97. The van der Waals surface area contributed by atoms with Crippen LogP contribution in [-0.4, -0.2) is 72.5 Å². The van der Waals surface area contributed by atoms with Crippen LogP contribution in [0, 0.1) is 0 Å². The molecule has 1 amide bonds. The molecule has 164 valence electrons. The maximum absolute atomic E-state index is 12.3. The lowest BCUT2D eigenvalue weighted by molar-refractivity contribution is -0.132. The van der Waals surface area contributed by atoms with Crippen molar-refractivity contribution < 1.29 is 9.21 Å². The summed E-state index contributed by atoms with van der Waals surface area (Å²) in [7, 11) is 3.84. The summed E-state index contributed by atoms with van der Waals surface area (Å²) in [5, 5.41) is 1.07. The molecule has 0 unspecified atom stereocenters. The van der Waals surface area contributed by atoms with Crippen LogP contribution in [0.25, 0.3) is 33.1 Å². The molecule has 0 spiro atoms. The number of anilines is 2. The Hall–Kier alpha value is -3.65. The Bertz CT molecular complexity index is 1290. The monoisotopic (exact) mass is 430 g/mol. The van der Waals surface area contributed by atoms with Gasteiger partial charge in [-0.25, -0.2) is 0 Å². The second kappa shape index (κ2) is 8.12. The highest BCUT2D eigenvalue weighted by atomic mass is 16.4. The van der Waals surface area contributed by atoms with Gasteiger partial charge >= 0.3 is 0 Å². The largest absolute Gasteiger partial charge is 0.424 e. The summed E-state index contributed by atoms with van der Waals surface area (Å²) in [6, 6.07) is 14.5. The maximum Gasteiger partial charge on any atom is 0.292 e. The van der Waals surface area contributed by atoms with E-state index < -0.39 is 0 Å². The fourth-order valence-electron chi connectivity index (χ4n) is 4.18. The molecule has 5 rings (SSSR count). The number of carbonyl (C=O) groups is 1. The summed E-state index contributed by atoms with van der Waals surface area (Å²) in [5.41, 5.74) is 11.3. The number of nitrogens with two attached hydrogens (primary N) is 1. The van der Waals surface area contributed by atoms with E-state index in [1.807, 2.05) is 54.4 Å². The van der Waals surface area contributed by atoms with E-state index in [1.165, 1.54) is 0 Å². The number of aromatic nitrogens is 2. The lowest BCUT2D eigenvalue weighted by Gasteiger charge is -2.36. The molecule has 0 bridgehead atoms. The lowest BCUT2D eigenvalue weighted by atomic mass is 10.0. The van der Waals surface area contributed by atoms with Gasteiger partial charge in [0.15, 0.2) is 5.58 Å². The average molecular weight is 431 g/mol. The number of benzene rings is 2. The highest BCUT2D eigenvalue weighted by Gasteiger charge is 2.22. The molecular formula is C24H26N6O2. The minimum Gasteiger partial charge on any atom is -0.424 e. The van der Waals surface area contributed by atoms with Gasteiger partial charge in [0.1, 0.15) is 5.52 Å². The first kappa shape index (κ1) is 20.3. The van der Waals surface area contributed by atoms with Crippen LogP contribution in [0.4, 0.5) is 11.7 Å². The van der Waals surface area contributed by atoms with Gasteiger partial charge in [-0.1, -0.05) is 12.1 Å². The van der Waals surface area contributed by atoms with Gasteiger partial charge in [0.2, 0.25) is 5.91 Å². The Morgan fingerprint density at radius 2 is 1.78 bits per heavy atom. The molecule has 2 aromatic heterocycles. The summed E-state index contributed by atoms with van der Waals surface area (Å²) in [4.78, 5) is 27.4. The molecule has 1 fully saturated rings. The summed E-state index contributed by atoms with van der Waals surface area (Å²) >= 11 is 0. The van der Waals surface area contributed by atoms with Gasteiger partial charge in [0, 0.05) is 31.6 Å². The number of pyridine rings is 1. The minimum absolute atomic E-state index is 0.174. The number of amides is 1. The van der Waals surface area contributed by atoms with Crippen molar-refractivity contribution in [3.63, 3.8) is 0 Å². The Morgan fingerprint density at radius 1 is 1.03 bits per heavy atom. The highest BCUT2D eigenvalue weighted by molar-refractivity contribution is 5.89. The smallest absolute Gasteiger partial charge is 0.292 e. The fraction of sp³-hybridized carbons (Fsp3) is 0.292. The number of hydrogen-bond donors (Lipinski definition) is 1. The predicted molar refractivity (Wildman–Crippen MR) is 127 cm³/mol. The number of rotatable bonds is 4. The summed E-state index contributed by atoms with van der Waals surface area (Å²) in [6.07, 6.45) is 1.92. The van der Waals surface area contributed by atoms with Crippen LogP contribution in [0.2, 0.25) is 0 Å². The molecule has 0 radical (unpaired) electrons. The fourth-order valence-corrected chi connectivity index (χ4v) is 4.18. The zero-order chi connectivity index (χ0) is 22.2. The molecule has 0 aliphatic carbocycles. The number of piperazine rings is 1. The molecule has 8 heteroatoms. The topological polar surface area (TPSA) is 91.7 Å². The van der Waals surface area contributed by atoms with Crippen LogP contribution in [0.5, 0.6) is 0 Å². The van der Waals surface area contributed by atoms with E-state index in [4.69, 9.17) is 10.2 Å². The molecule has 1 aliphatic rings. The van der Waals surface area contributed by atoms with Gasteiger partial charge in [-0.05, 0) is 55.6 Å². The molecule has 2 aromatic carbocycles. The van der Waals surface area contributed by atoms with E-state index in [0.717, 1.165) is 59.4 Å². The van der Waals surface area contributed by atoms with Crippen LogP contribution >= 0.6 is 0 Å². The maximum atomic E-state index is 12.3. The van der Waals surface area contributed by atoms with Gasteiger partial charge in [0.25, 0.3) is 6.01 Å². The van der Waals surface area contributed by atoms with Crippen molar-refractivity contribution >= 4 is 39.6 Å². The second-order valence-electron chi connectivity index (χ2n) is 8.44. The minimum atomic E-state index is 0.174. The molecule has 0 saturated carbocycles. The van der Waals surface area contributed by atoms with Crippen LogP contribution in [0.3, 0.4) is 0 Å². The molecule has 1 aliphatic heterocycles. The summed E-state index contributed by atoms with van der Waals surface area (Å²) < 4.78 is 5.38. The normalized spacial score (nSPS) is 14.6. The zero-order valence-corrected chi connectivity index (χ0v) is 18.3. The SMILES string of the molecule is CN(C)CC(=O)N1CCN(c2cnc3ccc(-c4ccc5oc(N)nc5c4)cc3c2)CC1. The molecule has 0 atom stereocenters. The third-order valence-corrected chi connectivity index (χ3v) is 5.85. The van der Waals surface area contributed by atoms with Crippen LogP contribution in [-0.2, 0) is 4.79 Å². The number of carbonyl (C=O) groups excluding carboxylic acids is 1. The van der Waals surface area contributed by atoms with E-state index in [-0.39, 0.29) is 11.9 Å². The second-order valence-corrected chi connectivity index (χ2v) is 8.44. The highest BCUT2D eigenvalue weighted by Crippen LogP contribution is 2.29. The molecule has 8 nitrogen and oxygen atoms in total. The Kier molecular flexibility index (Phi) is 5.14. The van der Waals surface area contributed by atoms with Gasteiger partial charge < -0.3 is 24.9 Å². The molecule has 3 heterocycles. The number of nitrogens with zero attached hydrogens (tertiary/aromatic N) is 5.